The fourth-order valence-corrected chi connectivity index (χ4v) is 7.34. The Morgan fingerprint density at radius 2 is 1.59 bits per heavy atom. The first-order valence-electron chi connectivity index (χ1n) is 13.6. The van der Waals surface area contributed by atoms with Crippen molar-refractivity contribution in [3.63, 3.8) is 0 Å². The minimum absolute atomic E-state index is 0.496. The van der Waals surface area contributed by atoms with Crippen molar-refractivity contribution >= 4 is 0 Å². The third kappa shape index (κ3) is 4.42. The molecular formula is C33H38O. The lowest BCUT2D eigenvalue weighted by Gasteiger charge is -2.41. The molecule has 34 heavy (non-hydrogen) atoms. The van der Waals surface area contributed by atoms with E-state index in [2.05, 4.69) is 79.7 Å². The summed E-state index contributed by atoms with van der Waals surface area (Å²) in [6.45, 7) is 2.94. The van der Waals surface area contributed by atoms with Gasteiger partial charge >= 0.3 is 0 Å². The molecule has 1 nitrogen and oxygen atoms in total. The molecule has 0 N–H and O–H groups in total. The zero-order chi connectivity index (χ0) is 22.9. The van der Waals surface area contributed by atoms with Crippen LogP contribution in [0.1, 0.15) is 91.0 Å². The van der Waals surface area contributed by atoms with E-state index in [-0.39, 0.29) is 0 Å². The van der Waals surface area contributed by atoms with Crippen LogP contribution in [0.5, 0.6) is 5.75 Å². The predicted octanol–water partition coefficient (Wildman–Crippen LogP) is 8.80. The first-order chi connectivity index (χ1) is 16.7. The van der Waals surface area contributed by atoms with Gasteiger partial charge in [-0.2, -0.15) is 0 Å². The van der Waals surface area contributed by atoms with Crippen LogP contribution >= 0.6 is 0 Å². The third-order valence-electron chi connectivity index (χ3n) is 9.09. The predicted molar refractivity (Wildman–Crippen MR) is 140 cm³/mol. The summed E-state index contributed by atoms with van der Waals surface area (Å²) in [6, 6.07) is 26.4. The molecule has 176 valence electrons. The number of fused-ring (bicyclic) bond motifs is 1. The molecule has 3 aliphatic rings. The van der Waals surface area contributed by atoms with E-state index in [1.54, 1.807) is 11.1 Å². The number of hydrogen-bond acceptors (Lipinski definition) is 1. The van der Waals surface area contributed by atoms with Crippen molar-refractivity contribution < 1.29 is 4.74 Å². The molecule has 2 fully saturated rings. The molecule has 0 radical (unpaired) electrons. The molecule has 0 aromatic heterocycles. The molecule has 0 saturated heterocycles. The smallest absolute Gasteiger partial charge is 0.120 e. The van der Waals surface area contributed by atoms with E-state index >= 15 is 0 Å². The van der Waals surface area contributed by atoms with Gasteiger partial charge in [-0.1, -0.05) is 86.3 Å². The molecule has 1 heteroatoms. The second-order valence-electron chi connectivity index (χ2n) is 11.3. The monoisotopic (exact) mass is 450 g/mol. The maximum Gasteiger partial charge on any atom is 0.120 e. The number of hydrogen-bond donors (Lipinski definition) is 0. The Balaban J connectivity index is 1.18. The van der Waals surface area contributed by atoms with Gasteiger partial charge < -0.3 is 4.74 Å². The third-order valence-corrected chi connectivity index (χ3v) is 9.09. The quantitative estimate of drug-likeness (QED) is 0.349. The summed E-state index contributed by atoms with van der Waals surface area (Å²) in [5, 5.41) is 0. The Bertz CT molecular complexity index is 1100. The van der Waals surface area contributed by atoms with Crippen molar-refractivity contribution in [3.05, 3.63) is 101 Å². The number of benzene rings is 3. The van der Waals surface area contributed by atoms with Crippen LogP contribution in [0.2, 0.25) is 0 Å². The van der Waals surface area contributed by atoms with Gasteiger partial charge in [0.25, 0.3) is 0 Å². The van der Waals surface area contributed by atoms with Crippen LogP contribution in [-0.4, -0.2) is 0 Å². The summed E-state index contributed by atoms with van der Waals surface area (Å²) < 4.78 is 6.19. The van der Waals surface area contributed by atoms with E-state index < -0.39 is 0 Å². The fourth-order valence-electron chi connectivity index (χ4n) is 7.34. The van der Waals surface area contributed by atoms with Crippen LogP contribution in [0.15, 0.2) is 72.8 Å². The van der Waals surface area contributed by atoms with Crippen LogP contribution in [0.3, 0.4) is 0 Å². The van der Waals surface area contributed by atoms with Gasteiger partial charge in [-0.15, -0.1) is 0 Å². The topological polar surface area (TPSA) is 9.23 Å². The van der Waals surface area contributed by atoms with Crippen molar-refractivity contribution in [2.45, 2.75) is 76.7 Å². The highest BCUT2D eigenvalue weighted by Crippen LogP contribution is 2.56. The van der Waals surface area contributed by atoms with Crippen molar-refractivity contribution in [1.29, 1.82) is 0 Å². The van der Waals surface area contributed by atoms with Crippen LogP contribution in [0, 0.1) is 24.7 Å². The average Bonchev–Trinajstić information content (AvgIpc) is 3.49. The van der Waals surface area contributed by atoms with Crippen molar-refractivity contribution in [2.75, 3.05) is 0 Å². The van der Waals surface area contributed by atoms with E-state index in [1.807, 2.05) is 0 Å². The molecule has 3 aromatic rings. The molecule has 0 spiro atoms. The van der Waals surface area contributed by atoms with Gasteiger partial charge in [0, 0.05) is 5.92 Å². The highest BCUT2D eigenvalue weighted by molar-refractivity contribution is 5.50. The Morgan fingerprint density at radius 1 is 0.794 bits per heavy atom. The SMILES string of the molecule is Cc1cccc2c1C(c1cccc(OCc3ccccc3)c1)CC2[C@H]1C[C@@H](CC2CCCC2)C1. The zero-order valence-corrected chi connectivity index (χ0v) is 20.6. The number of aryl methyl sites for hydroxylation is 1. The lowest BCUT2D eigenvalue weighted by atomic mass is 9.64. The molecule has 0 heterocycles. The van der Waals surface area contributed by atoms with Crippen molar-refractivity contribution in [1.82, 2.24) is 0 Å². The summed E-state index contributed by atoms with van der Waals surface area (Å²) in [5.74, 6) is 5.13. The Labute approximate surface area is 205 Å². The highest BCUT2D eigenvalue weighted by atomic mass is 16.5. The molecule has 0 amide bonds. The Morgan fingerprint density at radius 3 is 2.41 bits per heavy atom. The van der Waals surface area contributed by atoms with Gasteiger partial charge in [-0.3, -0.25) is 0 Å². The molecule has 2 unspecified atom stereocenters. The first-order valence-corrected chi connectivity index (χ1v) is 13.6. The second kappa shape index (κ2) is 9.61. The number of rotatable bonds is 7. The van der Waals surface area contributed by atoms with E-state index in [0.717, 1.165) is 29.4 Å². The minimum Gasteiger partial charge on any atom is -0.489 e. The van der Waals surface area contributed by atoms with E-state index in [0.29, 0.717) is 12.5 Å². The normalized spacial score (nSPS) is 26.3. The summed E-state index contributed by atoms with van der Waals surface area (Å²) in [6.07, 6.45) is 11.6. The van der Waals surface area contributed by atoms with Crippen molar-refractivity contribution in [3.8, 4) is 5.75 Å². The van der Waals surface area contributed by atoms with Crippen LogP contribution in [-0.2, 0) is 6.61 Å². The summed E-state index contributed by atoms with van der Waals surface area (Å²) in [7, 11) is 0. The molecule has 2 saturated carbocycles. The minimum atomic E-state index is 0.496. The largest absolute Gasteiger partial charge is 0.489 e. The molecule has 3 aromatic carbocycles. The molecular weight excluding hydrogens is 412 g/mol. The van der Waals surface area contributed by atoms with Gasteiger partial charge in [0.05, 0.1) is 0 Å². The van der Waals surface area contributed by atoms with Gasteiger partial charge in [-0.05, 0) is 96.2 Å². The molecule has 2 atom stereocenters. The fraction of sp³-hybridized carbons (Fsp3) is 0.455. The molecule has 6 rings (SSSR count). The van der Waals surface area contributed by atoms with Crippen molar-refractivity contribution in [2.24, 2.45) is 17.8 Å². The average molecular weight is 451 g/mol. The highest BCUT2D eigenvalue weighted by Gasteiger charge is 2.43. The molecule has 0 aliphatic heterocycles. The standard InChI is InChI=1S/C33H38O/c1-23-9-7-16-30-31(28-18-26(19-28)17-24-10-5-6-11-24)21-32(33(23)30)27-14-8-15-29(20-27)34-22-25-12-3-2-4-13-25/h2-4,7-9,12-16,20,24,26,28,31-32H,5-6,10-11,17-19,21-22H2,1H3/t26-,28+,31?,32?. The van der Waals surface area contributed by atoms with E-state index in [1.165, 1.54) is 68.1 Å². The van der Waals surface area contributed by atoms with Gasteiger partial charge in [0.2, 0.25) is 0 Å². The van der Waals surface area contributed by atoms with E-state index in [4.69, 9.17) is 4.74 Å². The van der Waals surface area contributed by atoms with Gasteiger partial charge in [0.15, 0.2) is 0 Å². The molecule has 0 bridgehead atoms. The lowest BCUT2D eigenvalue weighted by Crippen LogP contribution is -2.29. The van der Waals surface area contributed by atoms with Crippen LogP contribution < -0.4 is 4.74 Å². The first kappa shape index (κ1) is 22.0. The van der Waals surface area contributed by atoms with Gasteiger partial charge in [-0.25, -0.2) is 0 Å². The van der Waals surface area contributed by atoms with Gasteiger partial charge in [0.1, 0.15) is 12.4 Å². The summed E-state index contributed by atoms with van der Waals surface area (Å²) in [5.41, 5.74) is 7.34. The molecule has 3 aliphatic carbocycles. The summed E-state index contributed by atoms with van der Waals surface area (Å²) in [4.78, 5) is 0. The van der Waals surface area contributed by atoms with Crippen LogP contribution in [0.4, 0.5) is 0 Å². The lowest BCUT2D eigenvalue weighted by molar-refractivity contribution is 0.131. The maximum absolute atomic E-state index is 6.19. The zero-order valence-electron chi connectivity index (χ0n) is 20.6. The van der Waals surface area contributed by atoms with E-state index in [9.17, 15) is 0 Å². The number of ether oxygens (including phenoxy) is 1. The maximum atomic E-state index is 6.19. The second-order valence-corrected chi connectivity index (χ2v) is 11.3. The Kier molecular flexibility index (Phi) is 6.20. The Hall–Kier alpha value is -2.54. The van der Waals surface area contributed by atoms with Crippen LogP contribution in [0.25, 0.3) is 0 Å². The summed E-state index contributed by atoms with van der Waals surface area (Å²) >= 11 is 0.